The predicted molar refractivity (Wildman–Crippen MR) is 39.5 cm³/mol. The lowest BCUT2D eigenvalue weighted by molar-refractivity contribution is 0.611. The molecule has 1 aromatic heterocycles. The third-order valence-electron chi connectivity index (χ3n) is 1.21. The number of H-pyrrole nitrogens is 1. The van der Waals surface area contributed by atoms with Gasteiger partial charge in [-0.05, 0) is 22.9 Å². The van der Waals surface area contributed by atoms with Crippen LogP contribution in [-0.2, 0) is 0 Å². The lowest BCUT2D eigenvalue weighted by atomic mass is 10.3. The van der Waals surface area contributed by atoms with Gasteiger partial charge in [0.2, 0.25) is 0 Å². The number of aromatic amines is 1. The second kappa shape index (κ2) is 2.54. The van der Waals surface area contributed by atoms with Gasteiger partial charge in [-0.15, -0.1) is 0 Å². The molecule has 0 amide bonds. The molecule has 0 fully saturated rings. The van der Waals surface area contributed by atoms with E-state index in [1.165, 1.54) is 0 Å². The van der Waals surface area contributed by atoms with Crippen LogP contribution in [0.4, 0.5) is 4.39 Å². The Balaban J connectivity index is 3.49. The van der Waals surface area contributed by atoms with Gasteiger partial charge in [0, 0.05) is 11.8 Å². The SMILES string of the molecule is Cc1c(Br)c(F)c[nH]c1=O. The summed E-state index contributed by atoms with van der Waals surface area (Å²) in [5, 5.41) is 0. The van der Waals surface area contributed by atoms with Crippen LogP contribution < -0.4 is 5.56 Å². The maximum absolute atomic E-state index is 12.5. The van der Waals surface area contributed by atoms with Gasteiger partial charge in [-0.2, -0.15) is 0 Å². The zero-order valence-corrected chi connectivity index (χ0v) is 6.83. The van der Waals surface area contributed by atoms with Crippen LogP contribution in [0.25, 0.3) is 0 Å². The van der Waals surface area contributed by atoms with Crippen LogP contribution >= 0.6 is 15.9 Å². The Morgan fingerprint density at radius 2 is 2.30 bits per heavy atom. The van der Waals surface area contributed by atoms with Gasteiger partial charge < -0.3 is 4.98 Å². The zero-order chi connectivity index (χ0) is 7.72. The second-order valence-corrected chi connectivity index (χ2v) is 2.70. The molecule has 10 heavy (non-hydrogen) atoms. The fourth-order valence-corrected chi connectivity index (χ4v) is 0.874. The van der Waals surface area contributed by atoms with Crippen molar-refractivity contribution in [1.29, 1.82) is 0 Å². The normalized spacial score (nSPS) is 9.90. The van der Waals surface area contributed by atoms with Crippen molar-refractivity contribution in [3.63, 3.8) is 0 Å². The first-order valence-electron chi connectivity index (χ1n) is 2.66. The summed E-state index contributed by atoms with van der Waals surface area (Å²) < 4.78 is 12.8. The van der Waals surface area contributed by atoms with Crippen LogP contribution in [0.5, 0.6) is 0 Å². The van der Waals surface area contributed by atoms with E-state index in [9.17, 15) is 9.18 Å². The molecule has 0 bridgehead atoms. The number of halogens is 2. The summed E-state index contributed by atoms with van der Waals surface area (Å²) in [6.07, 6.45) is 1.03. The molecule has 0 aromatic carbocycles. The van der Waals surface area contributed by atoms with Gasteiger partial charge in [0.05, 0.1) is 4.47 Å². The second-order valence-electron chi connectivity index (χ2n) is 1.90. The molecule has 0 radical (unpaired) electrons. The number of hydrogen-bond acceptors (Lipinski definition) is 1. The molecule has 0 spiro atoms. The van der Waals surface area contributed by atoms with Crippen molar-refractivity contribution < 1.29 is 4.39 Å². The highest BCUT2D eigenvalue weighted by Gasteiger charge is 2.03. The maximum Gasteiger partial charge on any atom is 0.252 e. The number of pyridine rings is 1. The summed E-state index contributed by atoms with van der Waals surface area (Å²) >= 11 is 2.93. The van der Waals surface area contributed by atoms with Crippen molar-refractivity contribution in [1.82, 2.24) is 4.98 Å². The van der Waals surface area contributed by atoms with E-state index in [0.29, 0.717) is 5.56 Å². The van der Waals surface area contributed by atoms with E-state index in [2.05, 4.69) is 20.9 Å². The number of aromatic nitrogens is 1. The Morgan fingerprint density at radius 3 is 2.80 bits per heavy atom. The molecule has 0 saturated heterocycles. The minimum atomic E-state index is -0.447. The van der Waals surface area contributed by atoms with Crippen molar-refractivity contribution in [2.45, 2.75) is 6.92 Å². The van der Waals surface area contributed by atoms with Crippen LogP contribution in [0.2, 0.25) is 0 Å². The molecule has 0 atom stereocenters. The first kappa shape index (κ1) is 7.47. The third-order valence-corrected chi connectivity index (χ3v) is 2.18. The van der Waals surface area contributed by atoms with Gasteiger partial charge in [0.15, 0.2) is 5.82 Å². The Hall–Kier alpha value is -0.640. The molecule has 0 aliphatic rings. The van der Waals surface area contributed by atoms with Gasteiger partial charge in [-0.3, -0.25) is 4.79 Å². The Labute approximate surface area is 65.2 Å². The molecular weight excluding hydrogens is 201 g/mol. The molecular formula is C6H5BrFNO. The zero-order valence-electron chi connectivity index (χ0n) is 5.24. The number of hydrogen-bond donors (Lipinski definition) is 1. The van der Waals surface area contributed by atoms with Crippen molar-refractivity contribution in [3.8, 4) is 0 Å². The van der Waals surface area contributed by atoms with Crippen molar-refractivity contribution in [2.75, 3.05) is 0 Å². The molecule has 4 heteroatoms. The van der Waals surface area contributed by atoms with Crippen LogP contribution in [0.15, 0.2) is 15.5 Å². The number of rotatable bonds is 0. The average Bonchev–Trinajstić information content (AvgIpc) is 1.93. The highest BCUT2D eigenvalue weighted by Crippen LogP contribution is 2.14. The minimum Gasteiger partial charge on any atom is -0.326 e. The Bertz CT molecular complexity index is 307. The summed E-state index contributed by atoms with van der Waals surface area (Å²) in [7, 11) is 0. The van der Waals surface area contributed by atoms with Crippen molar-refractivity contribution in [3.05, 3.63) is 32.4 Å². The number of nitrogens with one attached hydrogen (secondary N) is 1. The van der Waals surface area contributed by atoms with Crippen molar-refractivity contribution in [2.24, 2.45) is 0 Å². The highest BCUT2D eigenvalue weighted by atomic mass is 79.9. The van der Waals surface area contributed by atoms with Gasteiger partial charge in [-0.25, -0.2) is 4.39 Å². The standard InChI is InChI=1S/C6H5BrFNO/c1-3-5(7)4(8)2-9-6(3)10/h2H,1H3,(H,9,10). The lowest BCUT2D eigenvalue weighted by Gasteiger charge is -1.95. The molecule has 0 aliphatic heterocycles. The first-order chi connectivity index (χ1) is 4.63. The predicted octanol–water partition coefficient (Wildman–Crippen LogP) is 1.58. The van der Waals surface area contributed by atoms with E-state index < -0.39 is 5.82 Å². The average molecular weight is 206 g/mol. The quantitative estimate of drug-likeness (QED) is 0.686. The lowest BCUT2D eigenvalue weighted by Crippen LogP contribution is -2.09. The fraction of sp³-hybridized carbons (Fsp3) is 0.167. The van der Waals surface area contributed by atoms with E-state index in [1.807, 2.05) is 0 Å². The Morgan fingerprint density at radius 1 is 1.70 bits per heavy atom. The van der Waals surface area contributed by atoms with E-state index in [4.69, 9.17) is 0 Å². The van der Waals surface area contributed by atoms with Crippen LogP contribution in [0, 0.1) is 12.7 Å². The Kier molecular flexibility index (Phi) is 1.89. The van der Waals surface area contributed by atoms with E-state index in [1.54, 1.807) is 6.92 Å². The molecule has 0 aliphatic carbocycles. The molecule has 0 saturated carbocycles. The summed E-state index contributed by atoms with van der Waals surface area (Å²) in [4.78, 5) is 13.0. The topological polar surface area (TPSA) is 32.9 Å². The fourth-order valence-electron chi connectivity index (χ4n) is 0.579. The van der Waals surface area contributed by atoms with Gasteiger partial charge in [-0.1, -0.05) is 0 Å². The van der Waals surface area contributed by atoms with E-state index >= 15 is 0 Å². The van der Waals surface area contributed by atoms with E-state index in [-0.39, 0.29) is 10.0 Å². The van der Waals surface area contributed by atoms with Gasteiger partial charge in [0.25, 0.3) is 5.56 Å². The van der Waals surface area contributed by atoms with Gasteiger partial charge >= 0.3 is 0 Å². The summed E-state index contributed by atoms with van der Waals surface area (Å²) in [5.41, 5.74) is 0.0910. The largest absolute Gasteiger partial charge is 0.326 e. The van der Waals surface area contributed by atoms with Crippen LogP contribution in [-0.4, -0.2) is 4.98 Å². The highest BCUT2D eigenvalue weighted by molar-refractivity contribution is 9.10. The maximum atomic E-state index is 12.5. The monoisotopic (exact) mass is 205 g/mol. The molecule has 1 rings (SSSR count). The summed E-state index contributed by atoms with van der Waals surface area (Å²) in [5.74, 6) is -0.447. The molecule has 0 unspecified atom stereocenters. The minimum absolute atomic E-state index is 0.233. The molecule has 54 valence electrons. The first-order valence-corrected chi connectivity index (χ1v) is 3.45. The molecule has 1 heterocycles. The van der Waals surface area contributed by atoms with E-state index in [0.717, 1.165) is 6.20 Å². The third kappa shape index (κ3) is 1.11. The summed E-state index contributed by atoms with van der Waals surface area (Å²) in [6, 6.07) is 0. The van der Waals surface area contributed by atoms with Crippen LogP contribution in [0.1, 0.15) is 5.56 Å². The van der Waals surface area contributed by atoms with Crippen LogP contribution in [0.3, 0.4) is 0 Å². The smallest absolute Gasteiger partial charge is 0.252 e. The van der Waals surface area contributed by atoms with Gasteiger partial charge in [0.1, 0.15) is 0 Å². The molecule has 1 N–H and O–H groups in total. The molecule has 1 aromatic rings. The molecule has 2 nitrogen and oxygen atoms in total. The summed E-state index contributed by atoms with van der Waals surface area (Å²) in [6.45, 7) is 1.55. The van der Waals surface area contributed by atoms with Crippen molar-refractivity contribution >= 4 is 15.9 Å².